The molecule has 0 bridgehead atoms. The summed E-state index contributed by atoms with van der Waals surface area (Å²) in [7, 11) is 0. The van der Waals surface area contributed by atoms with Crippen LogP contribution < -0.4 is 15.6 Å². The number of nitrogens with zero attached hydrogens (tertiary/aromatic N) is 3. The van der Waals surface area contributed by atoms with Crippen LogP contribution in [0.15, 0.2) is 22.0 Å². The Hall–Kier alpha value is -2.73. The molecule has 2 amide bonds. The smallest absolute Gasteiger partial charge is 0.342 e. The Balaban J connectivity index is 1.62. The first-order chi connectivity index (χ1) is 15.6. The number of carboxylic acids is 1. The molecular formula is C21H23FN4O5S2. The van der Waals surface area contributed by atoms with E-state index >= 15 is 4.39 Å². The van der Waals surface area contributed by atoms with E-state index in [0.29, 0.717) is 42.4 Å². The zero-order chi connectivity index (χ0) is 24.0. The number of pyridine rings is 1. The number of thioether (sulfide) groups is 1. The van der Waals surface area contributed by atoms with Crippen LogP contribution in [0.2, 0.25) is 0 Å². The Kier molecular flexibility index (Phi) is 6.32. The number of hydrogen-bond donors (Lipinski definition) is 3. The molecule has 4 rings (SSSR count). The molecule has 3 heterocycles. The Morgan fingerprint density at radius 3 is 2.48 bits per heavy atom. The van der Waals surface area contributed by atoms with Crippen molar-refractivity contribution >= 4 is 58.8 Å². The van der Waals surface area contributed by atoms with Gasteiger partial charge in [-0.05, 0) is 19.1 Å². The molecule has 1 aromatic carbocycles. The number of carbonyl (C=O) groups is 3. The number of carboxylic acid groups (broad SMARTS) is 1. The molecule has 0 aliphatic carbocycles. The lowest BCUT2D eigenvalue weighted by molar-refractivity contribution is -0.135. The summed E-state index contributed by atoms with van der Waals surface area (Å²) in [5.74, 6) is -2.33. The number of piperazine rings is 1. The van der Waals surface area contributed by atoms with Crippen molar-refractivity contribution in [3.05, 3.63) is 33.7 Å². The van der Waals surface area contributed by atoms with Crippen molar-refractivity contribution in [3.63, 3.8) is 0 Å². The van der Waals surface area contributed by atoms with Gasteiger partial charge in [-0.3, -0.25) is 14.4 Å². The van der Waals surface area contributed by atoms with Gasteiger partial charge < -0.3 is 24.8 Å². The summed E-state index contributed by atoms with van der Waals surface area (Å²) in [4.78, 5) is 51.8. The minimum atomic E-state index is -1.32. The van der Waals surface area contributed by atoms with E-state index in [9.17, 15) is 24.3 Å². The van der Waals surface area contributed by atoms with Crippen molar-refractivity contribution in [2.45, 2.75) is 30.3 Å². The predicted molar refractivity (Wildman–Crippen MR) is 126 cm³/mol. The molecule has 0 radical (unpaired) electrons. The Morgan fingerprint density at radius 2 is 1.94 bits per heavy atom. The average molecular weight is 495 g/mol. The Bertz CT molecular complexity index is 1230. The zero-order valence-electron chi connectivity index (χ0n) is 18.0. The molecule has 2 aliphatic rings. The fourth-order valence-electron chi connectivity index (χ4n) is 4.29. The third kappa shape index (κ3) is 4.05. The quantitative estimate of drug-likeness (QED) is 0.541. The molecular weight excluding hydrogens is 471 g/mol. The summed E-state index contributed by atoms with van der Waals surface area (Å²) >= 11 is 5.43. The largest absolute Gasteiger partial charge is 0.477 e. The first kappa shape index (κ1) is 23.4. The maximum absolute atomic E-state index is 15.1. The highest BCUT2D eigenvalue weighted by Crippen LogP contribution is 2.46. The van der Waals surface area contributed by atoms with Crippen LogP contribution in [0, 0.1) is 5.82 Å². The summed E-state index contributed by atoms with van der Waals surface area (Å²) in [6.07, 6.45) is 0. The molecule has 0 saturated carbocycles. The van der Waals surface area contributed by atoms with Crippen LogP contribution >= 0.6 is 24.4 Å². The monoisotopic (exact) mass is 494 g/mol. The average Bonchev–Trinajstić information content (AvgIpc) is 2.76. The highest BCUT2D eigenvalue weighted by molar-refractivity contribution is 8.00. The number of carbonyl (C=O) groups excluding carboxylic acids is 2. The second-order valence-electron chi connectivity index (χ2n) is 7.97. The highest BCUT2D eigenvalue weighted by Gasteiger charge is 2.34. The van der Waals surface area contributed by atoms with Gasteiger partial charge in [0.05, 0.1) is 21.6 Å². The van der Waals surface area contributed by atoms with Crippen LogP contribution in [0.4, 0.5) is 10.1 Å². The van der Waals surface area contributed by atoms with E-state index < -0.39 is 23.3 Å². The molecule has 12 heteroatoms. The first-order valence-corrected chi connectivity index (χ1v) is 11.9. The number of aromatic carboxylic acids is 1. The zero-order valence-corrected chi connectivity index (χ0v) is 19.7. The van der Waals surface area contributed by atoms with Gasteiger partial charge in [-0.15, -0.1) is 0 Å². The number of halogens is 1. The maximum atomic E-state index is 15.1. The van der Waals surface area contributed by atoms with E-state index in [2.05, 4.69) is 17.9 Å². The SMILES string of the molecule is CC(=O)N[C@H](CS)C(=O)N1CCN(c2cc3c(cc2F)c(=O)c(C(=O)O)c2n3C(C)S2)CC1. The number of benzene rings is 1. The van der Waals surface area contributed by atoms with E-state index in [-0.39, 0.29) is 33.9 Å². The van der Waals surface area contributed by atoms with Gasteiger partial charge in [0.2, 0.25) is 17.2 Å². The van der Waals surface area contributed by atoms with Crippen molar-refractivity contribution < 1.29 is 23.9 Å². The molecule has 1 fully saturated rings. The van der Waals surface area contributed by atoms with Gasteiger partial charge in [0.1, 0.15) is 17.4 Å². The molecule has 2 N–H and O–H groups in total. The van der Waals surface area contributed by atoms with E-state index in [1.54, 1.807) is 20.4 Å². The van der Waals surface area contributed by atoms with Crippen LogP contribution in [-0.4, -0.2) is 70.3 Å². The van der Waals surface area contributed by atoms with E-state index in [1.807, 2.05) is 6.92 Å². The molecule has 176 valence electrons. The maximum Gasteiger partial charge on any atom is 0.342 e. The molecule has 33 heavy (non-hydrogen) atoms. The number of hydrogen-bond acceptors (Lipinski definition) is 7. The van der Waals surface area contributed by atoms with Crippen LogP contribution in [0.1, 0.15) is 29.6 Å². The second-order valence-corrected chi connectivity index (χ2v) is 9.64. The van der Waals surface area contributed by atoms with Crippen molar-refractivity contribution in [1.82, 2.24) is 14.8 Å². The summed E-state index contributed by atoms with van der Waals surface area (Å²) < 4.78 is 16.8. The lowest BCUT2D eigenvalue weighted by Crippen LogP contribution is -2.55. The number of fused-ring (bicyclic) bond motifs is 3. The second kappa shape index (κ2) is 8.90. The van der Waals surface area contributed by atoms with E-state index in [0.717, 1.165) is 6.07 Å². The van der Waals surface area contributed by atoms with Gasteiger partial charge in [0.15, 0.2) is 0 Å². The topological polar surface area (TPSA) is 112 Å². The van der Waals surface area contributed by atoms with Gasteiger partial charge in [-0.2, -0.15) is 12.6 Å². The van der Waals surface area contributed by atoms with E-state index in [1.165, 1.54) is 18.7 Å². The van der Waals surface area contributed by atoms with E-state index in [4.69, 9.17) is 0 Å². The van der Waals surface area contributed by atoms with Crippen molar-refractivity contribution in [2.75, 3.05) is 36.8 Å². The van der Waals surface area contributed by atoms with Crippen molar-refractivity contribution in [3.8, 4) is 0 Å². The Labute approximate surface area is 198 Å². The number of amides is 2. The summed E-state index contributed by atoms with van der Waals surface area (Å²) in [5.41, 5.74) is -0.243. The summed E-state index contributed by atoms with van der Waals surface area (Å²) in [6.45, 7) is 4.62. The molecule has 2 aliphatic heterocycles. The summed E-state index contributed by atoms with van der Waals surface area (Å²) in [6, 6.07) is 1.97. The third-order valence-corrected chi connectivity index (χ3v) is 7.42. The molecule has 1 aromatic heterocycles. The number of rotatable bonds is 5. The van der Waals surface area contributed by atoms with Gasteiger partial charge >= 0.3 is 5.97 Å². The molecule has 2 aromatic rings. The van der Waals surface area contributed by atoms with Crippen LogP contribution in [-0.2, 0) is 9.59 Å². The van der Waals surface area contributed by atoms with Crippen LogP contribution in [0.5, 0.6) is 0 Å². The lowest BCUT2D eigenvalue weighted by atomic mass is 10.1. The number of anilines is 1. The normalized spacial score (nSPS) is 18.5. The molecule has 1 unspecified atom stereocenters. The molecule has 2 atom stereocenters. The number of aromatic nitrogens is 1. The van der Waals surface area contributed by atoms with Gasteiger partial charge in [0.25, 0.3) is 0 Å². The highest BCUT2D eigenvalue weighted by atomic mass is 32.2. The van der Waals surface area contributed by atoms with Crippen molar-refractivity contribution in [1.29, 1.82) is 0 Å². The minimum absolute atomic E-state index is 0.0327. The molecule has 0 spiro atoms. The molecule has 1 saturated heterocycles. The number of thiol groups is 1. The lowest BCUT2D eigenvalue weighted by Gasteiger charge is -2.38. The van der Waals surface area contributed by atoms with Gasteiger partial charge in [-0.1, -0.05) is 11.8 Å². The number of nitrogens with one attached hydrogen (secondary N) is 1. The van der Waals surface area contributed by atoms with Crippen LogP contribution in [0.3, 0.4) is 0 Å². The predicted octanol–water partition coefficient (Wildman–Crippen LogP) is 1.55. The van der Waals surface area contributed by atoms with Crippen molar-refractivity contribution in [2.24, 2.45) is 0 Å². The fraction of sp³-hybridized carbons (Fsp3) is 0.429. The third-order valence-electron chi connectivity index (χ3n) is 5.88. The molecule has 9 nitrogen and oxygen atoms in total. The Morgan fingerprint density at radius 1 is 1.27 bits per heavy atom. The summed E-state index contributed by atoms with van der Waals surface area (Å²) in [5, 5.41) is 12.4. The van der Waals surface area contributed by atoms with Gasteiger partial charge in [-0.25, -0.2) is 9.18 Å². The van der Waals surface area contributed by atoms with Gasteiger partial charge in [0, 0.05) is 44.2 Å². The standard InChI is InChI=1S/C21H23FN4O5S2/c1-10(27)23-14(9-32)19(29)25-5-3-24(4-6-25)16-8-15-12(7-13(16)22)18(28)17(21(30)31)20-26(15)11(2)33-20/h7-8,11,14,32H,3-6,9H2,1-2H3,(H,23,27)(H,30,31)/t11?,14-/m1/s1. The minimum Gasteiger partial charge on any atom is -0.477 e. The van der Waals surface area contributed by atoms with Crippen LogP contribution in [0.25, 0.3) is 10.9 Å². The first-order valence-electron chi connectivity index (χ1n) is 10.4. The fourth-order valence-corrected chi connectivity index (χ4v) is 5.69.